The summed E-state index contributed by atoms with van der Waals surface area (Å²) in [5.41, 5.74) is 0.156. The van der Waals surface area contributed by atoms with E-state index in [-0.39, 0.29) is 5.56 Å². The molecule has 1 aromatic carbocycles. The van der Waals surface area contributed by atoms with Crippen molar-refractivity contribution in [1.82, 2.24) is 0 Å². The highest BCUT2D eigenvalue weighted by Crippen LogP contribution is 2.14. The topological polar surface area (TPSA) is 0 Å². The first kappa shape index (κ1) is 9.45. The normalized spacial score (nSPS) is 10.3. The van der Waals surface area contributed by atoms with E-state index in [9.17, 15) is 13.2 Å². The molecule has 1 aromatic rings. The van der Waals surface area contributed by atoms with Crippen molar-refractivity contribution in [3.05, 3.63) is 35.1 Å². The molecule has 4 heteroatoms. The Morgan fingerprint density at radius 3 is 2.17 bits per heavy atom. The van der Waals surface area contributed by atoms with E-state index in [1.807, 2.05) is 0 Å². The Bertz CT molecular complexity index is 286. The zero-order valence-corrected chi connectivity index (χ0v) is 7.04. The smallest absolute Gasteiger partial charge is 0.161 e. The highest BCUT2D eigenvalue weighted by Gasteiger charge is 2.08. The molecule has 0 radical (unpaired) electrons. The fourth-order valence-electron chi connectivity index (χ4n) is 0.876. The standard InChI is InChI=1S/C8H7F3S/c9-6-4-8(11)7(10)3-5(6)1-2-12/h3-4,12H,1-2H2. The third-order valence-corrected chi connectivity index (χ3v) is 1.69. The Morgan fingerprint density at radius 2 is 1.58 bits per heavy atom. The minimum atomic E-state index is -1.16. The summed E-state index contributed by atoms with van der Waals surface area (Å²) in [5.74, 6) is -2.49. The zero-order chi connectivity index (χ0) is 9.14. The monoisotopic (exact) mass is 192 g/mol. The van der Waals surface area contributed by atoms with Crippen LogP contribution in [0, 0.1) is 17.5 Å². The Balaban J connectivity index is 3.05. The molecule has 0 spiro atoms. The van der Waals surface area contributed by atoms with Gasteiger partial charge in [-0.2, -0.15) is 12.6 Å². The second-order valence-corrected chi connectivity index (χ2v) is 2.78. The van der Waals surface area contributed by atoms with Gasteiger partial charge in [-0.3, -0.25) is 0 Å². The van der Waals surface area contributed by atoms with Crippen LogP contribution in [-0.2, 0) is 6.42 Å². The van der Waals surface area contributed by atoms with Gasteiger partial charge in [-0.25, -0.2) is 13.2 Å². The second kappa shape index (κ2) is 3.85. The average Bonchev–Trinajstić information content (AvgIpc) is 2.01. The molecule has 1 rings (SSSR count). The Kier molecular flexibility index (Phi) is 3.03. The summed E-state index contributed by atoms with van der Waals surface area (Å²) in [4.78, 5) is 0. The Morgan fingerprint density at radius 1 is 1.00 bits per heavy atom. The van der Waals surface area contributed by atoms with Gasteiger partial charge in [0.05, 0.1) is 0 Å². The summed E-state index contributed by atoms with van der Waals surface area (Å²) in [5, 5.41) is 0. The van der Waals surface area contributed by atoms with Crippen LogP contribution in [0.25, 0.3) is 0 Å². The molecule has 0 heterocycles. The van der Waals surface area contributed by atoms with Crippen molar-refractivity contribution in [2.75, 3.05) is 5.75 Å². The van der Waals surface area contributed by atoms with Crippen LogP contribution in [0.5, 0.6) is 0 Å². The van der Waals surface area contributed by atoms with Gasteiger partial charge in [0.2, 0.25) is 0 Å². The molecule has 0 nitrogen and oxygen atoms in total. The molecule has 66 valence electrons. The van der Waals surface area contributed by atoms with Gasteiger partial charge in [-0.15, -0.1) is 0 Å². The summed E-state index contributed by atoms with van der Waals surface area (Å²) in [6.07, 6.45) is 0.298. The SMILES string of the molecule is Fc1cc(F)c(CCS)cc1F. The number of thiol groups is 1. The first-order valence-corrected chi connectivity index (χ1v) is 4.02. The highest BCUT2D eigenvalue weighted by atomic mass is 32.1. The summed E-state index contributed by atoms with van der Waals surface area (Å²) in [7, 11) is 0. The lowest BCUT2D eigenvalue weighted by Gasteiger charge is -2.01. The molecule has 0 aliphatic heterocycles. The number of hydrogen-bond acceptors (Lipinski definition) is 1. The van der Waals surface area contributed by atoms with E-state index in [0.717, 1.165) is 6.07 Å². The third kappa shape index (κ3) is 1.94. The van der Waals surface area contributed by atoms with Gasteiger partial charge in [0, 0.05) is 6.07 Å². The molecule has 0 bridgehead atoms. The molecule has 0 atom stereocenters. The summed E-state index contributed by atoms with van der Waals surface area (Å²) < 4.78 is 37.7. The molecule has 0 fully saturated rings. The van der Waals surface area contributed by atoms with E-state index < -0.39 is 17.5 Å². The maximum atomic E-state index is 12.8. The molecular formula is C8H7F3S. The van der Waals surface area contributed by atoms with E-state index in [2.05, 4.69) is 12.6 Å². The van der Waals surface area contributed by atoms with Crippen molar-refractivity contribution in [1.29, 1.82) is 0 Å². The second-order valence-electron chi connectivity index (χ2n) is 2.33. The van der Waals surface area contributed by atoms with Crippen molar-refractivity contribution in [2.24, 2.45) is 0 Å². The summed E-state index contributed by atoms with van der Waals surface area (Å²) in [6.45, 7) is 0. The van der Waals surface area contributed by atoms with E-state index in [1.165, 1.54) is 0 Å². The van der Waals surface area contributed by atoms with Crippen molar-refractivity contribution in [3.63, 3.8) is 0 Å². The minimum absolute atomic E-state index is 0.156. The maximum Gasteiger partial charge on any atom is 0.161 e. The van der Waals surface area contributed by atoms with E-state index in [1.54, 1.807) is 0 Å². The molecule has 0 aromatic heterocycles. The number of hydrogen-bond donors (Lipinski definition) is 1. The van der Waals surface area contributed by atoms with E-state index in [4.69, 9.17) is 0 Å². The van der Waals surface area contributed by atoms with E-state index in [0.29, 0.717) is 18.2 Å². The Hall–Kier alpha value is -0.640. The maximum absolute atomic E-state index is 12.8. The van der Waals surface area contributed by atoms with Gasteiger partial charge >= 0.3 is 0 Å². The molecule has 0 saturated carbocycles. The van der Waals surface area contributed by atoms with Gasteiger partial charge in [-0.05, 0) is 23.8 Å². The van der Waals surface area contributed by atoms with Crippen LogP contribution in [0.4, 0.5) is 13.2 Å². The number of halogens is 3. The largest absolute Gasteiger partial charge is 0.207 e. The first-order valence-electron chi connectivity index (χ1n) is 3.39. The quantitative estimate of drug-likeness (QED) is 0.540. The highest BCUT2D eigenvalue weighted by molar-refractivity contribution is 7.80. The molecule has 0 unspecified atom stereocenters. The van der Waals surface area contributed by atoms with Crippen LogP contribution in [-0.4, -0.2) is 5.75 Å². The van der Waals surface area contributed by atoms with E-state index >= 15 is 0 Å². The molecule has 0 N–H and O–H groups in total. The van der Waals surface area contributed by atoms with Crippen LogP contribution >= 0.6 is 12.6 Å². The fraction of sp³-hybridized carbons (Fsp3) is 0.250. The summed E-state index contributed by atoms with van der Waals surface area (Å²) in [6, 6.07) is 1.41. The molecular weight excluding hydrogens is 185 g/mol. The molecule has 12 heavy (non-hydrogen) atoms. The average molecular weight is 192 g/mol. The van der Waals surface area contributed by atoms with Crippen molar-refractivity contribution < 1.29 is 13.2 Å². The summed E-state index contributed by atoms with van der Waals surface area (Å²) >= 11 is 3.86. The number of benzene rings is 1. The van der Waals surface area contributed by atoms with Gasteiger partial charge in [-0.1, -0.05) is 0 Å². The molecule has 0 aliphatic carbocycles. The van der Waals surface area contributed by atoms with Gasteiger partial charge in [0.1, 0.15) is 5.82 Å². The van der Waals surface area contributed by atoms with Crippen molar-refractivity contribution in [3.8, 4) is 0 Å². The van der Waals surface area contributed by atoms with Gasteiger partial charge in [0.25, 0.3) is 0 Å². The molecule has 0 saturated heterocycles. The third-order valence-electron chi connectivity index (χ3n) is 1.47. The predicted molar refractivity (Wildman–Crippen MR) is 43.9 cm³/mol. The zero-order valence-electron chi connectivity index (χ0n) is 6.15. The van der Waals surface area contributed by atoms with Crippen molar-refractivity contribution >= 4 is 12.6 Å². The van der Waals surface area contributed by atoms with Gasteiger partial charge < -0.3 is 0 Å². The molecule has 0 aliphatic rings. The van der Waals surface area contributed by atoms with Crippen LogP contribution in [0.15, 0.2) is 12.1 Å². The first-order chi connectivity index (χ1) is 5.65. The lowest BCUT2D eigenvalue weighted by Crippen LogP contribution is -1.96. The van der Waals surface area contributed by atoms with Gasteiger partial charge in [0.15, 0.2) is 11.6 Å². The van der Waals surface area contributed by atoms with Crippen LogP contribution < -0.4 is 0 Å². The van der Waals surface area contributed by atoms with Crippen LogP contribution in [0.3, 0.4) is 0 Å². The molecule has 0 amide bonds. The lowest BCUT2D eigenvalue weighted by molar-refractivity contribution is 0.490. The van der Waals surface area contributed by atoms with Crippen molar-refractivity contribution in [2.45, 2.75) is 6.42 Å². The minimum Gasteiger partial charge on any atom is -0.207 e. The van der Waals surface area contributed by atoms with Crippen LogP contribution in [0.2, 0.25) is 0 Å². The number of aryl methyl sites for hydroxylation is 1. The Labute approximate surface area is 73.8 Å². The number of rotatable bonds is 2. The predicted octanol–water partition coefficient (Wildman–Crippen LogP) is 2.58. The van der Waals surface area contributed by atoms with Crippen LogP contribution in [0.1, 0.15) is 5.56 Å². The fourth-order valence-corrected chi connectivity index (χ4v) is 1.12. The lowest BCUT2D eigenvalue weighted by atomic mass is 10.1.